The predicted octanol–water partition coefficient (Wildman–Crippen LogP) is 5.53. The van der Waals surface area contributed by atoms with E-state index in [0.717, 1.165) is 36.8 Å². The molecule has 0 heterocycles. The zero-order chi connectivity index (χ0) is 22.2. The van der Waals surface area contributed by atoms with E-state index in [-0.39, 0.29) is 0 Å². The molecule has 0 fully saturated rings. The molecule has 0 N–H and O–H groups in total. The zero-order valence-electron chi connectivity index (χ0n) is 20.4. The fourth-order valence-electron chi connectivity index (χ4n) is 3.82. The second kappa shape index (κ2) is 16.8. The van der Waals surface area contributed by atoms with Gasteiger partial charge in [0.15, 0.2) is 0 Å². The quantitative estimate of drug-likeness (QED) is 0.179. The molecule has 0 aromatic rings. The van der Waals surface area contributed by atoms with Gasteiger partial charge in [-0.3, -0.25) is 0 Å². The first-order valence-corrected chi connectivity index (χ1v) is 15.1. The Hall–Kier alpha value is 0.194. The summed E-state index contributed by atoms with van der Waals surface area (Å²) in [5.74, 6) is 1.58. The summed E-state index contributed by atoms with van der Waals surface area (Å²) in [6, 6.07) is 1.77. The number of hydrogen-bond acceptors (Lipinski definition) is 6. The Kier molecular flexibility index (Phi) is 16.9. The first-order chi connectivity index (χ1) is 13.9. The summed E-state index contributed by atoms with van der Waals surface area (Å²) in [5, 5.41) is 0. The average molecular weight is 453 g/mol. The van der Waals surface area contributed by atoms with Gasteiger partial charge in [0.05, 0.1) is 0 Å². The average Bonchev–Trinajstić information content (AvgIpc) is 2.77. The highest BCUT2D eigenvalue weighted by atomic mass is 28.4. The summed E-state index contributed by atoms with van der Waals surface area (Å²) < 4.78 is 33.3. The van der Waals surface area contributed by atoms with Crippen LogP contribution in [-0.2, 0) is 26.6 Å². The number of hydrogen-bond donors (Lipinski definition) is 0. The topological polar surface area (TPSA) is 55.4 Å². The Balaban J connectivity index is 4.47. The molecule has 0 aliphatic heterocycles. The van der Waals surface area contributed by atoms with Gasteiger partial charge in [-0.15, -0.1) is 0 Å². The fraction of sp³-hybridized carbons (Fsp3) is 1.00. The Labute approximate surface area is 182 Å². The molecule has 0 aliphatic carbocycles. The molecule has 0 aromatic heterocycles. The minimum absolute atomic E-state index is 0.774. The van der Waals surface area contributed by atoms with E-state index in [2.05, 4.69) is 13.8 Å². The molecule has 0 saturated carbocycles. The largest absolute Gasteiger partial charge is 0.500 e. The molecule has 0 spiro atoms. The minimum Gasteiger partial charge on any atom is -0.377 e. The van der Waals surface area contributed by atoms with Gasteiger partial charge in [-0.1, -0.05) is 58.8 Å². The van der Waals surface area contributed by atoms with Crippen molar-refractivity contribution < 1.29 is 26.6 Å². The third-order valence-electron chi connectivity index (χ3n) is 6.32. The van der Waals surface area contributed by atoms with Crippen LogP contribution in [0.25, 0.3) is 0 Å². The van der Waals surface area contributed by atoms with E-state index in [1.54, 1.807) is 42.7 Å². The van der Waals surface area contributed by atoms with Gasteiger partial charge in [-0.25, -0.2) is 0 Å². The highest BCUT2D eigenvalue weighted by molar-refractivity contribution is 6.60. The molecule has 0 bridgehead atoms. The summed E-state index contributed by atoms with van der Waals surface area (Å²) in [6.07, 6.45) is 11.0. The van der Waals surface area contributed by atoms with Crippen molar-refractivity contribution in [2.75, 3.05) is 42.7 Å². The number of rotatable bonds is 20. The third-order valence-corrected chi connectivity index (χ3v) is 12.0. The van der Waals surface area contributed by atoms with E-state index in [4.69, 9.17) is 26.6 Å². The van der Waals surface area contributed by atoms with E-state index in [9.17, 15) is 0 Å². The van der Waals surface area contributed by atoms with Crippen molar-refractivity contribution in [2.24, 2.45) is 11.8 Å². The van der Waals surface area contributed by atoms with E-state index in [0.29, 0.717) is 0 Å². The molecule has 1 atom stereocenters. The summed E-state index contributed by atoms with van der Waals surface area (Å²) in [4.78, 5) is 0. The lowest BCUT2D eigenvalue weighted by Gasteiger charge is -2.25. The second-order valence-electron chi connectivity index (χ2n) is 8.04. The van der Waals surface area contributed by atoms with Crippen molar-refractivity contribution in [1.82, 2.24) is 0 Å². The summed E-state index contributed by atoms with van der Waals surface area (Å²) in [7, 11) is 5.28. The van der Waals surface area contributed by atoms with E-state index >= 15 is 0 Å². The molecule has 0 rings (SSSR count). The van der Waals surface area contributed by atoms with E-state index in [1.165, 1.54) is 44.9 Å². The van der Waals surface area contributed by atoms with Gasteiger partial charge in [0.1, 0.15) is 0 Å². The van der Waals surface area contributed by atoms with Gasteiger partial charge < -0.3 is 26.6 Å². The third kappa shape index (κ3) is 11.4. The standard InChI is InChI=1S/C21H48O6Si2/c1-9-20(2)16-17-21(14-10-12-18-28(22-3,23-4)24-5)15-11-13-19-29(25-6,26-7)27-8/h20-21H,9-19H2,1-8H3. The lowest BCUT2D eigenvalue weighted by molar-refractivity contribution is 0.122. The smallest absolute Gasteiger partial charge is 0.377 e. The van der Waals surface area contributed by atoms with Gasteiger partial charge >= 0.3 is 17.6 Å². The first kappa shape index (κ1) is 29.2. The van der Waals surface area contributed by atoms with Gasteiger partial charge in [-0.2, -0.15) is 0 Å². The first-order valence-electron chi connectivity index (χ1n) is 11.2. The maximum Gasteiger partial charge on any atom is 0.500 e. The fourth-order valence-corrected chi connectivity index (χ4v) is 7.41. The zero-order valence-corrected chi connectivity index (χ0v) is 22.4. The molecule has 0 amide bonds. The maximum atomic E-state index is 5.54. The molecule has 0 saturated heterocycles. The molecular formula is C21H48O6Si2. The molecule has 8 heteroatoms. The molecule has 0 aliphatic rings. The van der Waals surface area contributed by atoms with Crippen LogP contribution < -0.4 is 0 Å². The molecule has 6 nitrogen and oxygen atoms in total. The van der Waals surface area contributed by atoms with Gasteiger partial charge in [0, 0.05) is 54.7 Å². The Morgan fingerprint density at radius 1 is 0.552 bits per heavy atom. The van der Waals surface area contributed by atoms with Crippen LogP contribution in [0, 0.1) is 11.8 Å². The monoisotopic (exact) mass is 452 g/mol. The lowest BCUT2D eigenvalue weighted by atomic mass is 9.88. The Morgan fingerprint density at radius 3 is 1.24 bits per heavy atom. The normalized spacial score (nSPS) is 14.0. The van der Waals surface area contributed by atoms with Crippen molar-refractivity contribution in [2.45, 2.75) is 83.7 Å². The van der Waals surface area contributed by atoms with Crippen molar-refractivity contribution in [1.29, 1.82) is 0 Å². The van der Waals surface area contributed by atoms with Crippen LogP contribution in [0.3, 0.4) is 0 Å². The highest BCUT2D eigenvalue weighted by Gasteiger charge is 2.37. The number of unbranched alkanes of at least 4 members (excludes halogenated alkanes) is 2. The summed E-state index contributed by atoms with van der Waals surface area (Å²) in [6.45, 7) is 4.65. The second-order valence-corrected chi connectivity index (χ2v) is 14.2. The van der Waals surface area contributed by atoms with Crippen LogP contribution in [0.4, 0.5) is 0 Å². The molecule has 176 valence electrons. The van der Waals surface area contributed by atoms with Crippen LogP contribution in [0.15, 0.2) is 0 Å². The van der Waals surface area contributed by atoms with Crippen LogP contribution in [0.1, 0.15) is 71.6 Å². The molecular weight excluding hydrogens is 404 g/mol. The molecule has 0 radical (unpaired) electrons. The Morgan fingerprint density at radius 2 is 0.931 bits per heavy atom. The van der Waals surface area contributed by atoms with E-state index < -0.39 is 17.6 Å². The lowest BCUT2D eigenvalue weighted by Crippen LogP contribution is -2.42. The van der Waals surface area contributed by atoms with Gasteiger partial charge in [0.25, 0.3) is 0 Å². The minimum atomic E-state index is -2.43. The van der Waals surface area contributed by atoms with Crippen LogP contribution in [0.2, 0.25) is 12.1 Å². The SMILES string of the molecule is CCC(C)CCC(CCCC[Si](OC)(OC)OC)CCCC[Si](OC)(OC)OC. The van der Waals surface area contributed by atoms with E-state index in [1.807, 2.05) is 0 Å². The van der Waals surface area contributed by atoms with Crippen molar-refractivity contribution in [3.63, 3.8) is 0 Å². The van der Waals surface area contributed by atoms with Crippen LogP contribution in [-0.4, -0.2) is 60.3 Å². The summed E-state index contributed by atoms with van der Waals surface area (Å²) in [5.41, 5.74) is 0. The highest BCUT2D eigenvalue weighted by Crippen LogP contribution is 2.27. The Bertz CT molecular complexity index is 334. The van der Waals surface area contributed by atoms with Gasteiger partial charge in [-0.05, 0) is 24.7 Å². The van der Waals surface area contributed by atoms with Crippen molar-refractivity contribution >= 4 is 17.6 Å². The maximum absolute atomic E-state index is 5.54. The molecule has 1 unspecified atom stereocenters. The molecule has 29 heavy (non-hydrogen) atoms. The summed E-state index contributed by atoms with van der Waals surface area (Å²) >= 11 is 0. The van der Waals surface area contributed by atoms with Crippen molar-refractivity contribution in [3.8, 4) is 0 Å². The van der Waals surface area contributed by atoms with Crippen molar-refractivity contribution in [3.05, 3.63) is 0 Å². The van der Waals surface area contributed by atoms with Crippen LogP contribution >= 0.6 is 0 Å². The molecule has 0 aromatic carbocycles. The predicted molar refractivity (Wildman–Crippen MR) is 123 cm³/mol. The van der Waals surface area contributed by atoms with Crippen LogP contribution in [0.5, 0.6) is 0 Å². The van der Waals surface area contributed by atoms with Gasteiger partial charge in [0.2, 0.25) is 0 Å².